The van der Waals surface area contributed by atoms with Crippen molar-refractivity contribution in [2.75, 3.05) is 0 Å². The zero-order chi connectivity index (χ0) is 20.3. The number of carbonyl (C=O) groups is 1. The van der Waals surface area contributed by atoms with Crippen LogP contribution < -0.4 is 10.1 Å². The number of aryl methyl sites for hydroxylation is 3. The molecule has 6 heteroatoms. The summed E-state index contributed by atoms with van der Waals surface area (Å²) >= 11 is 0. The van der Waals surface area contributed by atoms with E-state index in [1.165, 1.54) is 17.7 Å². The maximum Gasteiger partial charge on any atom is 0.274 e. The summed E-state index contributed by atoms with van der Waals surface area (Å²) < 4.78 is 24.1. The fraction of sp³-hybridized carbons (Fsp3) is 0.273. The number of aromatic nitrogens is 1. The molecule has 1 aromatic heterocycles. The van der Waals surface area contributed by atoms with Crippen molar-refractivity contribution in [1.82, 2.24) is 10.5 Å². The average molecular weight is 382 g/mol. The van der Waals surface area contributed by atoms with Gasteiger partial charge in [0, 0.05) is 6.07 Å². The lowest BCUT2D eigenvalue weighted by Gasteiger charge is -2.17. The summed E-state index contributed by atoms with van der Waals surface area (Å²) in [6, 6.07) is 11.7. The highest BCUT2D eigenvalue weighted by atomic mass is 19.1. The van der Waals surface area contributed by atoms with Crippen LogP contribution in [0.3, 0.4) is 0 Å². The molecule has 0 saturated carbocycles. The van der Waals surface area contributed by atoms with Crippen LogP contribution >= 0.6 is 0 Å². The zero-order valence-corrected chi connectivity index (χ0v) is 16.4. The summed E-state index contributed by atoms with van der Waals surface area (Å²) in [6.45, 7) is 7.74. The predicted molar refractivity (Wildman–Crippen MR) is 104 cm³/mol. The Morgan fingerprint density at radius 1 is 1.21 bits per heavy atom. The van der Waals surface area contributed by atoms with Crippen LogP contribution in [-0.4, -0.2) is 11.1 Å². The number of hydrogen-bond donors (Lipinski definition) is 1. The molecule has 0 aliphatic rings. The van der Waals surface area contributed by atoms with E-state index in [2.05, 4.69) is 16.5 Å². The third kappa shape index (κ3) is 4.39. The highest BCUT2D eigenvalue weighted by Crippen LogP contribution is 2.22. The van der Waals surface area contributed by atoms with Gasteiger partial charge in [-0.15, -0.1) is 0 Å². The van der Waals surface area contributed by atoms with Gasteiger partial charge in [0.15, 0.2) is 5.69 Å². The van der Waals surface area contributed by atoms with Gasteiger partial charge >= 0.3 is 0 Å². The Balaban J connectivity index is 1.73. The predicted octanol–water partition coefficient (Wildman–Crippen LogP) is 4.81. The van der Waals surface area contributed by atoms with Gasteiger partial charge in [0.1, 0.15) is 23.9 Å². The fourth-order valence-corrected chi connectivity index (χ4v) is 3.11. The van der Waals surface area contributed by atoms with Crippen molar-refractivity contribution in [1.29, 1.82) is 0 Å². The van der Waals surface area contributed by atoms with E-state index in [1.54, 1.807) is 19.1 Å². The summed E-state index contributed by atoms with van der Waals surface area (Å²) in [5, 5.41) is 6.84. The summed E-state index contributed by atoms with van der Waals surface area (Å²) in [7, 11) is 0. The lowest BCUT2D eigenvalue weighted by atomic mass is 10.00. The van der Waals surface area contributed by atoms with Crippen molar-refractivity contribution in [3.8, 4) is 5.75 Å². The number of ether oxygens (including phenoxy) is 1. The van der Waals surface area contributed by atoms with Crippen molar-refractivity contribution < 1.29 is 18.4 Å². The molecule has 1 N–H and O–H groups in total. The van der Waals surface area contributed by atoms with Crippen LogP contribution in [0, 0.1) is 26.6 Å². The van der Waals surface area contributed by atoms with Gasteiger partial charge in [0.05, 0.1) is 11.6 Å². The number of rotatable bonds is 6. The molecule has 1 atom stereocenters. The van der Waals surface area contributed by atoms with Crippen LogP contribution in [0.4, 0.5) is 4.39 Å². The second-order valence-corrected chi connectivity index (χ2v) is 6.87. The first-order valence-corrected chi connectivity index (χ1v) is 9.06. The van der Waals surface area contributed by atoms with Gasteiger partial charge < -0.3 is 14.6 Å². The van der Waals surface area contributed by atoms with Crippen molar-refractivity contribution >= 4 is 5.91 Å². The van der Waals surface area contributed by atoms with Gasteiger partial charge in [0.2, 0.25) is 0 Å². The molecule has 0 fully saturated rings. The standard InChI is InChI=1S/C22H23FN2O3/c1-13-8-9-19(14(2)10-13)15(3)24-22(26)21-20(16(4)28-25-21)12-27-18-7-5-6-17(23)11-18/h5-11,15H,12H2,1-4H3,(H,24,26). The minimum atomic E-state index is -0.389. The molecule has 5 nitrogen and oxygen atoms in total. The molecule has 1 heterocycles. The van der Waals surface area contributed by atoms with E-state index in [0.717, 1.165) is 11.1 Å². The third-order valence-corrected chi connectivity index (χ3v) is 4.62. The molecule has 1 amide bonds. The Hall–Kier alpha value is -3.15. The van der Waals surface area contributed by atoms with Crippen molar-refractivity contribution in [3.63, 3.8) is 0 Å². The molecule has 0 spiro atoms. The molecule has 28 heavy (non-hydrogen) atoms. The zero-order valence-electron chi connectivity index (χ0n) is 16.4. The van der Waals surface area contributed by atoms with Gasteiger partial charge in [-0.3, -0.25) is 4.79 Å². The first-order valence-electron chi connectivity index (χ1n) is 9.06. The molecule has 0 bridgehead atoms. The van der Waals surface area contributed by atoms with Crippen molar-refractivity contribution in [2.24, 2.45) is 0 Å². The number of amides is 1. The van der Waals surface area contributed by atoms with Crippen LogP contribution in [0.1, 0.15) is 51.5 Å². The van der Waals surface area contributed by atoms with Crippen LogP contribution in [0.15, 0.2) is 47.0 Å². The van der Waals surface area contributed by atoms with E-state index >= 15 is 0 Å². The maximum absolute atomic E-state index is 13.3. The molecule has 3 aromatic rings. The molecule has 3 rings (SSSR count). The summed E-state index contributed by atoms with van der Waals surface area (Å²) in [5.41, 5.74) is 4.03. The van der Waals surface area contributed by atoms with Crippen molar-refractivity contribution in [3.05, 3.63) is 82.0 Å². The Morgan fingerprint density at radius 3 is 2.71 bits per heavy atom. The number of nitrogens with one attached hydrogen (secondary N) is 1. The van der Waals surface area contributed by atoms with Gasteiger partial charge in [-0.2, -0.15) is 0 Å². The second-order valence-electron chi connectivity index (χ2n) is 6.87. The molecule has 0 aliphatic heterocycles. The van der Waals surface area contributed by atoms with E-state index < -0.39 is 0 Å². The molecular formula is C22H23FN2O3. The minimum Gasteiger partial charge on any atom is -0.489 e. The number of carbonyl (C=O) groups excluding carboxylic acids is 1. The van der Waals surface area contributed by atoms with Crippen LogP contribution in [0.25, 0.3) is 0 Å². The Kier molecular flexibility index (Phi) is 5.78. The van der Waals surface area contributed by atoms with E-state index in [-0.39, 0.29) is 30.1 Å². The molecule has 0 aliphatic carbocycles. The van der Waals surface area contributed by atoms with Gasteiger partial charge in [0.25, 0.3) is 5.91 Å². The van der Waals surface area contributed by atoms with E-state index in [1.807, 2.05) is 32.9 Å². The number of hydrogen-bond acceptors (Lipinski definition) is 4. The normalized spacial score (nSPS) is 11.9. The topological polar surface area (TPSA) is 64.4 Å². The van der Waals surface area contributed by atoms with Crippen LogP contribution in [0.5, 0.6) is 5.75 Å². The van der Waals surface area contributed by atoms with Crippen LogP contribution in [0.2, 0.25) is 0 Å². The highest BCUT2D eigenvalue weighted by Gasteiger charge is 2.22. The molecule has 0 saturated heterocycles. The Bertz CT molecular complexity index is 997. The average Bonchev–Trinajstić information content (AvgIpc) is 3.00. The van der Waals surface area contributed by atoms with Gasteiger partial charge in [-0.25, -0.2) is 4.39 Å². The highest BCUT2D eigenvalue weighted by molar-refractivity contribution is 5.94. The van der Waals surface area contributed by atoms with Crippen molar-refractivity contribution in [2.45, 2.75) is 40.3 Å². The number of benzene rings is 2. The van der Waals surface area contributed by atoms with Gasteiger partial charge in [-0.1, -0.05) is 35.0 Å². The van der Waals surface area contributed by atoms with E-state index in [4.69, 9.17) is 9.26 Å². The first kappa shape index (κ1) is 19.6. The second kappa shape index (κ2) is 8.25. The first-order chi connectivity index (χ1) is 13.3. The lowest BCUT2D eigenvalue weighted by Crippen LogP contribution is -2.28. The minimum absolute atomic E-state index is 0.0550. The summed E-state index contributed by atoms with van der Waals surface area (Å²) in [4.78, 5) is 12.8. The quantitative estimate of drug-likeness (QED) is 0.665. The largest absolute Gasteiger partial charge is 0.489 e. The molecule has 1 unspecified atom stereocenters. The Labute approximate surface area is 163 Å². The van der Waals surface area contributed by atoms with E-state index in [9.17, 15) is 9.18 Å². The maximum atomic E-state index is 13.3. The fourth-order valence-electron chi connectivity index (χ4n) is 3.11. The monoisotopic (exact) mass is 382 g/mol. The number of nitrogens with zero attached hydrogens (tertiary/aromatic N) is 1. The summed E-state index contributed by atoms with van der Waals surface area (Å²) in [6.07, 6.45) is 0. The van der Waals surface area contributed by atoms with E-state index in [0.29, 0.717) is 17.1 Å². The third-order valence-electron chi connectivity index (χ3n) is 4.62. The van der Waals surface area contributed by atoms with Gasteiger partial charge in [-0.05, 0) is 51.0 Å². The Morgan fingerprint density at radius 2 is 2.00 bits per heavy atom. The van der Waals surface area contributed by atoms with Crippen LogP contribution in [-0.2, 0) is 6.61 Å². The summed E-state index contributed by atoms with van der Waals surface area (Å²) in [5.74, 6) is 0.123. The SMILES string of the molecule is Cc1ccc(C(C)NC(=O)c2noc(C)c2COc2cccc(F)c2)c(C)c1. The molecule has 2 aromatic carbocycles. The molecule has 146 valence electrons. The number of halogens is 1. The smallest absolute Gasteiger partial charge is 0.274 e. The lowest BCUT2D eigenvalue weighted by molar-refractivity contribution is 0.0928. The molecule has 0 radical (unpaired) electrons. The molecular weight excluding hydrogens is 359 g/mol.